The number of aromatic nitrogens is 3. The summed E-state index contributed by atoms with van der Waals surface area (Å²) in [6.07, 6.45) is 1.62. The number of rotatable bonds is 3. The van der Waals surface area contributed by atoms with Gasteiger partial charge in [0.05, 0.1) is 0 Å². The molecule has 1 aliphatic rings. The SMILES string of the molecule is Cn1c(=O)c(-c2ccc(C(=O)Nc3ccc4c(c3)OCCO4)cc2)nc2cccnc21. The van der Waals surface area contributed by atoms with Gasteiger partial charge in [-0.15, -0.1) is 0 Å². The fourth-order valence-corrected chi connectivity index (χ4v) is 3.45. The first-order valence-corrected chi connectivity index (χ1v) is 9.73. The number of carbonyl (C=O) groups is 1. The summed E-state index contributed by atoms with van der Waals surface area (Å²) in [5.41, 5.74) is 2.89. The number of hydrogen-bond acceptors (Lipinski definition) is 6. The third-order valence-electron chi connectivity index (χ3n) is 5.04. The van der Waals surface area contributed by atoms with Gasteiger partial charge in [-0.2, -0.15) is 0 Å². The summed E-state index contributed by atoms with van der Waals surface area (Å²) >= 11 is 0. The van der Waals surface area contributed by atoms with Gasteiger partial charge >= 0.3 is 0 Å². The molecule has 0 saturated carbocycles. The second kappa shape index (κ2) is 7.56. The molecule has 8 nitrogen and oxygen atoms in total. The van der Waals surface area contributed by atoms with Crippen molar-refractivity contribution < 1.29 is 14.3 Å². The summed E-state index contributed by atoms with van der Waals surface area (Å²) in [4.78, 5) is 34.1. The molecule has 0 atom stereocenters. The predicted molar refractivity (Wildman–Crippen MR) is 116 cm³/mol. The van der Waals surface area contributed by atoms with Crippen molar-refractivity contribution in [3.8, 4) is 22.8 Å². The van der Waals surface area contributed by atoms with E-state index in [0.717, 1.165) is 0 Å². The minimum atomic E-state index is -0.271. The van der Waals surface area contributed by atoms with Crippen LogP contribution in [0, 0.1) is 0 Å². The standard InChI is InChI=1S/C23H18N4O4/c1-27-21-17(3-2-10-24-21)26-20(23(27)29)14-4-6-15(7-5-14)22(28)25-16-8-9-18-19(13-16)31-12-11-30-18/h2-10,13H,11-12H2,1H3,(H,25,28). The first-order chi connectivity index (χ1) is 15.1. The Balaban J connectivity index is 1.40. The van der Waals surface area contributed by atoms with Crippen LogP contribution in [-0.2, 0) is 7.05 Å². The number of nitrogens with one attached hydrogen (secondary N) is 1. The van der Waals surface area contributed by atoms with Crippen molar-refractivity contribution in [3.63, 3.8) is 0 Å². The number of fused-ring (bicyclic) bond motifs is 2. The Morgan fingerprint density at radius 3 is 2.61 bits per heavy atom. The number of carbonyl (C=O) groups excluding carboxylic acids is 1. The van der Waals surface area contributed by atoms with Gasteiger partial charge in [-0.3, -0.25) is 14.2 Å². The Morgan fingerprint density at radius 2 is 1.81 bits per heavy atom. The number of nitrogens with zero attached hydrogens (tertiary/aromatic N) is 3. The summed E-state index contributed by atoms with van der Waals surface area (Å²) in [6, 6.07) is 15.6. The van der Waals surface area contributed by atoms with E-state index in [9.17, 15) is 9.59 Å². The lowest BCUT2D eigenvalue weighted by atomic mass is 10.1. The molecule has 31 heavy (non-hydrogen) atoms. The van der Waals surface area contributed by atoms with Crippen molar-refractivity contribution in [2.24, 2.45) is 7.05 Å². The molecule has 0 spiro atoms. The summed E-state index contributed by atoms with van der Waals surface area (Å²) in [5, 5.41) is 2.85. The van der Waals surface area contributed by atoms with Crippen molar-refractivity contribution in [1.82, 2.24) is 14.5 Å². The van der Waals surface area contributed by atoms with Crippen molar-refractivity contribution in [2.75, 3.05) is 18.5 Å². The summed E-state index contributed by atoms with van der Waals surface area (Å²) in [5.74, 6) is 0.993. The molecule has 8 heteroatoms. The molecule has 1 aliphatic heterocycles. The third-order valence-corrected chi connectivity index (χ3v) is 5.04. The molecule has 0 radical (unpaired) electrons. The highest BCUT2D eigenvalue weighted by atomic mass is 16.6. The average Bonchev–Trinajstić information content (AvgIpc) is 2.81. The van der Waals surface area contributed by atoms with E-state index in [1.807, 2.05) is 0 Å². The van der Waals surface area contributed by atoms with Gasteiger partial charge < -0.3 is 14.8 Å². The highest BCUT2D eigenvalue weighted by molar-refractivity contribution is 6.04. The number of ether oxygens (including phenoxy) is 2. The molecule has 0 unspecified atom stereocenters. The number of aryl methyl sites for hydroxylation is 1. The zero-order valence-electron chi connectivity index (χ0n) is 16.7. The summed E-state index contributed by atoms with van der Waals surface area (Å²) in [7, 11) is 1.66. The van der Waals surface area contributed by atoms with Gasteiger partial charge in [0.25, 0.3) is 11.5 Å². The molecule has 2 aromatic heterocycles. The quantitative estimate of drug-likeness (QED) is 0.554. The van der Waals surface area contributed by atoms with Crippen LogP contribution < -0.4 is 20.3 Å². The van der Waals surface area contributed by atoms with Crippen LogP contribution in [0.5, 0.6) is 11.5 Å². The van der Waals surface area contributed by atoms with E-state index in [2.05, 4.69) is 15.3 Å². The number of pyridine rings is 1. The summed E-state index contributed by atoms with van der Waals surface area (Å²) in [6.45, 7) is 0.987. The molecule has 0 saturated heterocycles. The number of anilines is 1. The lowest BCUT2D eigenvalue weighted by Crippen LogP contribution is -2.21. The van der Waals surface area contributed by atoms with Gasteiger partial charge in [-0.25, -0.2) is 9.97 Å². The van der Waals surface area contributed by atoms with E-state index in [1.54, 1.807) is 67.8 Å². The van der Waals surface area contributed by atoms with E-state index in [4.69, 9.17) is 9.47 Å². The minimum absolute atomic E-state index is 0.250. The van der Waals surface area contributed by atoms with Gasteiger partial charge in [0.15, 0.2) is 17.1 Å². The van der Waals surface area contributed by atoms with Crippen LogP contribution in [0.1, 0.15) is 10.4 Å². The van der Waals surface area contributed by atoms with Gasteiger partial charge in [0.1, 0.15) is 24.4 Å². The zero-order chi connectivity index (χ0) is 21.4. The van der Waals surface area contributed by atoms with Crippen molar-refractivity contribution in [1.29, 1.82) is 0 Å². The van der Waals surface area contributed by atoms with Gasteiger partial charge in [0.2, 0.25) is 0 Å². The summed E-state index contributed by atoms with van der Waals surface area (Å²) < 4.78 is 12.5. The minimum Gasteiger partial charge on any atom is -0.486 e. The molecule has 5 rings (SSSR count). The normalized spacial score (nSPS) is 12.5. The van der Waals surface area contributed by atoms with Crippen LogP contribution in [0.25, 0.3) is 22.4 Å². The van der Waals surface area contributed by atoms with Crippen LogP contribution in [0.15, 0.2) is 65.6 Å². The molecule has 3 heterocycles. The predicted octanol–water partition coefficient (Wildman–Crippen LogP) is 3.02. The first kappa shape index (κ1) is 18.8. The molecular weight excluding hydrogens is 396 g/mol. The molecular formula is C23H18N4O4. The molecule has 154 valence electrons. The first-order valence-electron chi connectivity index (χ1n) is 9.73. The van der Waals surface area contributed by atoms with Crippen molar-refractivity contribution >= 4 is 22.8 Å². The number of benzene rings is 2. The highest BCUT2D eigenvalue weighted by Gasteiger charge is 2.15. The van der Waals surface area contributed by atoms with E-state index in [1.165, 1.54) is 4.57 Å². The molecule has 0 bridgehead atoms. The van der Waals surface area contributed by atoms with Gasteiger partial charge in [0, 0.05) is 36.1 Å². The van der Waals surface area contributed by atoms with Gasteiger partial charge in [-0.1, -0.05) is 12.1 Å². The Morgan fingerprint density at radius 1 is 1.03 bits per heavy atom. The fraction of sp³-hybridized carbons (Fsp3) is 0.130. The second-order valence-electron chi connectivity index (χ2n) is 7.06. The maximum Gasteiger partial charge on any atom is 0.278 e. The molecule has 1 amide bonds. The van der Waals surface area contributed by atoms with Crippen LogP contribution in [0.3, 0.4) is 0 Å². The molecule has 0 aliphatic carbocycles. The van der Waals surface area contributed by atoms with Crippen molar-refractivity contribution in [3.05, 3.63) is 76.7 Å². The molecule has 2 aromatic carbocycles. The van der Waals surface area contributed by atoms with Gasteiger partial charge in [-0.05, 0) is 36.4 Å². The maximum absolute atomic E-state index is 12.7. The second-order valence-corrected chi connectivity index (χ2v) is 7.06. The molecule has 4 aromatic rings. The topological polar surface area (TPSA) is 95.3 Å². The third kappa shape index (κ3) is 3.48. The smallest absolute Gasteiger partial charge is 0.278 e. The van der Waals surface area contributed by atoms with E-state index in [0.29, 0.717) is 58.4 Å². The van der Waals surface area contributed by atoms with E-state index < -0.39 is 0 Å². The molecule has 1 N–H and O–H groups in total. The maximum atomic E-state index is 12.7. The van der Waals surface area contributed by atoms with Crippen LogP contribution >= 0.6 is 0 Å². The van der Waals surface area contributed by atoms with Crippen LogP contribution in [0.4, 0.5) is 5.69 Å². The Hall–Kier alpha value is -4.20. The zero-order valence-corrected chi connectivity index (χ0v) is 16.7. The lowest BCUT2D eigenvalue weighted by molar-refractivity contribution is 0.102. The Kier molecular flexibility index (Phi) is 4.59. The monoisotopic (exact) mass is 414 g/mol. The Bertz CT molecular complexity index is 1360. The van der Waals surface area contributed by atoms with Crippen molar-refractivity contribution in [2.45, 2.75) is 0 Å². The largest absolute Gasteiger partial charge is 0.486 e. The lowest BCUT2D eigenvalue weighted by Gasteiger charge is -2.19. The highest BCUT2D eigenvalue weighted by Crippen LogP contribution is 2.32. The molecule has 0 fully saturated rings. The van der Waals surface area contributed by atoms with Crippen LogP contribution in [0.2, 0.25) is 0 Å². The number of hydrogen-bond donors (Lipinski definition) is 1. The van der Waals surface area contributed by atoms with E-state index in [-0.39, 0.29) is 11.5 Å². The fourth-order valence-electron chi connectivity index (χ4n) is 3.45. The van der Waals surface area contributed by atoms with Crippen LogP contribution in [-0.4, -0.2) is 33.7 Å². The Labute approximate surface area is 177 Å². The average molecular weight is 414 g/mol. The number of amides is 1. The van der Waals surface area contributed by atoms with E-state index >= 15 is 0 Å².